The lowest BCUT2D eigenvalue weighted by Crippen LogP contribution is -2.57. The minimum absolute atomic E-state index is 0.0142. The molecule has 6 atom stereocenters. The van der Waals surface area contributed by atoms with Crippen LogP contribution in [0.5, 0.6) is 0 Å². The van der Waals surface area contributed by atoms with Gasteiger partial charge in [-0.1, -0.05) is 60.7 Å². The third-order valence-corrected chi connectivity index (χ3v) is 6.94. The number of aliphatic hydroxyl groups excluding tert-OH is 1. The third-order valence-electron chi connectivity index (χ3n) is 6.94. The van der Waals surface area contributed by atoms with Gasteiger partial charge in [-0.05, 0) is 18.1 Å². The van der Waals surface area contributed by atoms with Crippen molar-refractivity contribution in [3.63, 3.8) is 0 Å². The molecule has 0 unspecified atom stereocenters. The molecule has 1 saturated carbocycles. The van der Waals surface area contributed by atoms with E-state index >= 15 is 0 Å². The van der Waals surface area contributed by atoms with E-state index < -0.39 is 47.2 Å². The maximum Gasteiger partial charge on any atom is 0.330 e. The lowest BCUT2D eigenvalue weighted by atomic mass is 9.98. The molecule has 3 aromatic rings. The molecule has 35 heavy (non-hydrogen) atoms. The molecule has 1 aliphatic carbocycles. The fraction of sp³-hybridized carbons (Fsp3) is 0.385. The third kappa shape index (κ3) is 4.26. The molecule has 0 radical (unpaired) electrons. The lowest BCUT2D eigenvalue weighted by Gasteiger charge is -2.38. The van der Waals surface area contributed by atoms with Crippen LogP contribution in [-0.2, 0) is 27.4 Å². The van der Waals surface area contributed by atoms with Crippen molar-refractivity contribution in [2.45, 2.75) is 50.2 Å². The van der Waals surface area contributed by atoms with Gasteiger partial charge in [0.25, 0.3) is 5.56 Å². The number of hydrogen-bond acceptors (Lipinski definition) is 7. The summed E-state index contributed by atoms with van der Waals surface area (Å²) in [7, 11) is 0. The van der Waals surface area contributed by atoms with E-state index in [-0.39, 0.29) is 13.2 Å². The number of aromatic nitrogens is 2. The second-order valence-corrected chi connectivity index (χ2v) is 9.24. The van der Waals surface area contributed by atoms with Gasteiger partial charge >= 0.3 is 5.69 Å². The number of ether oxygens (including phenoxy) is 3. The summed E-state index contributed by atoms with van der Waals surface area (Å²) in [4.78, 5) is 26.9. The van der Waals surface area contributed by atoms with Crippen LogP contribution in [0.2, 0.25) is 0 Å². The molecule has 4 N–H and O–H groups in total. The molecular formula is C26H29N3O6. The first-order valence-electron chi connectivity index (χ1n) is 11.6. The number of nitrogens with two attached hydrogens (primary N) is 1. The first kappa shape index (κ1) is 23.7. The number of H-pyrrole nitrogens is 1. The van der Waals surface area contributed by atoms with E-state index in [2.05, 4.69) is 4.98 Å². The highest BCUT2D eigenvalue weighted by molar-refractivity contribution is 5.21. The highest BCUT2D eigenvalue weighted by atomic mass is 16.6. The van der Waals surface area contributed by atoms with Crippen molar-refractivity contribution in [3.8, 4) is 0 Å². The number of fused-ring (bicyclic) bond motifs is 2. The Morgan fingerprint density at radius 1 is 1.06 bits per heavy atom. The summed E-state index contributed by atoms with van der Waals surface area (Å²) in [5.41, 5.74) is 6.41. The molecule has 2 aliphatic rings. The van der Waals surface area contributed by atoms with Gasteiger partial charge in [0, 0.05) is 17.8 Å². The van der Waals surface area contributed by atoms with Crippen molar-refractivity contribution in [3.05, 3.63) is 104 Å². The molecule has 1 aliphatic heterocycles. The summed E-state index contributed by atoms with van der Waals surface area (Å²) >= 11 is 0. The number of aromatic amines is 1. The second kappa shape index (κ2) is 9.52. The molecule has 2 heterocycles. The van der Waals surface area contributed by atoms with Crippen molar-refractivity contribution in [1.29, 1.82) is 0 Å². The summed E-state index contributed by atoms with van der Waals surface area (Å²) in [5.74, 6) is -0.544. The van der Waals surface area contributed by atoms with Crippen LogP contribution in [0.1, 0.15) is 22.9 Å². The monoisotopic (exact) mass is 479 g/mol. The number of hydrogen-bond donors (Lipinski definition) is 3. The van der Waals surface area contributed by atoms with Crippen LogP contribution in [0.25, 0.3) is 0 Å². The van der Waals surface area contributed by atoms with E-state index in [0.29, 0.717) is 12.2 Å². The molecule has 2 aromatic carbocycles. The maximum absolute atomic E-state index is 12.7. The maximum atomic E-state index is 12.7. The van der Waals surface area contributed by atoms with Gasteiger partial charge in [-0.25, -0.2) is 4.79 Å². The lowest BCUT2D eigenvalue weighted by molar-refractivity contribution is -0.210. The average molecular weight is 480 g/mol. The average Bonchev–Trinajstić information content (AvgIpc) is 3.28. The minimum atomic E-state index is -1.29. The molecule has 1 aromatic heterocycles. The van der Waals surface area contributed by atoms with Crippen LogP contribution >= 0.6 is 0 Å². The number of nitrogens with one attached hydrogen (secondary N) is 1. The van der Waals surface area contributed by atoms with Crippen LogP contribution in [0.3, 0.4) is 0 Å². The fourth-order valence-corrected chi connectivity index (χ4v) is 5.15. The van der Waals surface area contributed by atoms with Gasteiger partial charge in [-0.2, -0.15) is 0 Å². The standard InChI is InChI=1S/C26H29N3O6/c1-16-12-29(25(32)28-23(16)31)24-19-20(27)21(30)26(35-24,15-33-13-17-8-4-2-5-9-17)22(19)34-14-18-10-6-3-7-11-18/h2-12,19-22,24,30H,13-15,27H2,1H3,(H,28,31,32)/t19-,20+,21+,22+,24-,26+/m1/s1. The normalized spacial score (nSPS) is 29.5. The highest BCUT2D eigenvalue weighted by Crippen LogP contribution is 2.53. The quantitative estimate of drug-likeness (QED) is 0.443. The van der Waals surface area contributed by atoms with Gasteiger partial charge in [0.05, 0.1) is 25.7 Å². The first-order chi connectivity index (χ1) is 16.9. The Labute approximate surface area is 202 Å². The molecule has 2 fully saturated rings. The Balaban J connectivity index is 1.47. The van der Waals surface area contributed by atoms with E-state index in [0.717, 1.165) is 11.1 Å². The van der Waals surface area contributed by atoms with Crippen LogP contribution in [0, 0.1) is 12.8 Å². The Kier molecular flexibility index (Phi) is 6.43. The molecule has 184 valence electrons. The van der Waals surface area contributed by atoms with Crippen LogP contribution in [0.15, 0.2) is 76.4 Å². The second-order valence-electron chi connectivity index (χ2n) is 9.24. The fourth-order valence-electron chi connectivity index (χ4n) is 5.15. The summed E-state index contributed by atoms with van der Waals surface area (Å²) in [6.45, 7) is 2.21. The van der Waals surface area contributed by atoms with Gasteiger partial charge in [0.2, 0.25) is 0 Å². The van der Waals surface area contributed by atoms with Crippen molar-refractivity contribution in [2.24, 2.45) is 11.7 Å². The van der Waals surface area contributed by atoms with Crippen molar-refractivity contribution in [2.75, 3.05) is 6.61 Å². The summed E-state index contributed by atoms with van der Waals surface area (Å²) in [5, 5.41) is 11.2. The largest absolute Gasteiger partial charge is 0.388 e. The number of benzene rings is 2. The van der Waals surface area contributed by atoms with Crippen molar-refractivity contribution < 1.29 is 19.3 Å². The van der Waals surface area contributed by atoms with Gasteiger partial charge in [0.15, 0.2) is 0 Å². The predicted octanol–water partition coefficient (Wildman–Crippen LogP) is 1.23. The SMILES string of the molecule is Cc1cn([C@@H]2O[C@@]3(COCc4ccccc4)[C@@H](O)[C@@H](N)[C@@H]2[C@@H]3OCc2ccccc2)c(=O)[nH]c1=O. The van der Waals surface area contributed by atoms with E-state index in [4.69, 9.17) is 19.9 Å². The van der Waals surface area contributed by atoms with Crippen LogP contribution in [0.4, 0.5) is 0 Å². The minimum Gasteiger partial charge on any atom is -0.388 e. The Morgan fingerprint density at radius 2 is 1.69 bits per heavy atom. The molecule has 0 amide bonds. The Bertz CT molecular complexity index is 1280. The molecule has 9 heteroatoms. The summed E-state index contributed by atoms with van der Waals surface area (Å²) < 4.78 is 20.1. The molecule has 1 saturated heterocycles. The van der Waals surface area contributed by atoms with Crippen LogP contribution in [-0.4, -0.2) is 45.1 Å². The van der Waals surface area contributed by atoms with Gasteiger partial charge in [-0.3, -0.25) is 14.3 Å². The van der Waals surface area contributed by atoms with E-state index in [1.54, 1.807) is 6.92 Å². The topological polar surface area (TPSA) is 129 Å². The first-order valence-corrected chi connectivity index (χ1v) is 11.6. The molecule has 0 spiro atoms. The number of aliphatic hydroxyl groups is 1. The summed E-state index contributed by atoms with van der Waals surface area (Å²) in [6, 6.07) is 18.6. The molecular weight excluding hydrogens is 450 g/mol. The predicted molar refractivity (Wildman–Crippen MR) is 128 cm³/mol. The zero-order valence-electron chi connectivity index (χ0n) is 19.4. The van der Waals surface area contributed by atoms with Gasteiger partial charge in [0.1, 0.15) is 24.0 Å². The van der Waals surface area contributed by atoms with E-state index in [1.807, 2.05) is 60.7 Å². The highest BCUT2D eigenvalue weighted by Gasteiger charge is 2.70. The molecule has 2 bridgehead atoms. The zero-order valence-corrected chi connectivity index (χ0v) is 19.4. The van der Waals surface area contributed by atoms with Crippen molar-refractivity contribution >= 4 is 0 Å². The number of aryl methyl sites for hydroxylation is 1. The molecule has 9 nitrogen and oxygen atoms in total. The summed E-state index contributed by atoms with van der Waals surface area (Å²) in [6.07, 6.45) is -1.09. The molecule has 5 rings (SSSR count). The van der Waals surface area contributed by atoms with E-state index in [1.165, 1.54) is 10.8 Å². The number of rotatable bonds is 8. The number of nitrogens with zero attached hydrogens (tertiary/aromatic N) is 1. The van der Waals surface area contributed by atoms with E-state index in [9.17, 15) is 14.7 Å². The Hall–Kier alpha value is -3.08. The van der Waals surface area contributed by atoms with Gasteiger partial charge < -0.3 is 25.1 Å². The van der Waals surface area contributed by atoms with Gasteiger partial charge in [-0.15, -0.1) is 0 Å². The Morgan fingerprint density at radius 3 is 2.34 bits per heavy atom. The smallest absolute Gasteiger partial charge is 0.330 e. The van der Waals surface area contributed by atoms with Crippen LogP contribution < -0.4 is 17.0 Å². The van der Waals surface area contributed by atoms with Crippen molar-refractivity contribution in [1.82, 2.24) is 9.55 Å². The zero-order chi connectivity index (χ0) is 24.6.